The van der Waals surface area contributed by atoms with Crippen molar-refractivity contribution in [1.82, 2.24) is 5.32 Å². The lowest BCUT2D eigenvalue weighted by Crippen LogP contribution is -2.57. The molecule has 0 aromatic carbocycles. The van der Waals surface area contributed by atoms with Crippen molar-refractivity contribution >= 4 is 11.8 Å². The summed E-state index contributed by atoms with van der Waals surface area (Å²) in [5, 5.41) is 2.34. The lowest BCUT2D eigenvalue weighted by Gasteiger charge is -2.37. The van der Waals surface area contributed by atoms with Crippen LogP contribution >= 0.6 is 0 Å². The van der Waals surface area contributed by atoms with Gasteiger partial charge in [-0.1, -0.05) is 19.3 Å². The van der Waals surface area contributed by atoms with Crippen molar-refractivity contribution in [2.75, 3.05) is 6.61 Å². The first-order valence-corrected chi connectivity index (χ1v) is 4.71. The van der Waals surface area contributed by atoms with E-state index in [1.807, 2.05) is 0 Å². The second-order valence-electron chi connectivity index (χ2n) is 3.72. The molecule has 72 valence electrons. The summed E-state index contributed by atoms with van der Waals surface area (Å²) in [5.74, 6) is -0.551. The van der Waals surface area contributed by atoms with E-state index in [1.165, 1.54) is 0 Å². The second kappa shape index (κ2) is 3.10. The maximum atomic E-state index is 11.5. The molecule has 2 rings (SSSR count). The Morgan fingerprint density at radius 3 is 2.46 bits per heavy atom. The SMILES string of the molecule is O=C1COC2(CCCCC2)C(=O)N1. The number of amides is 2. The smallest absolute Gasteiger partial charge is 0.258 e. The highest BCUT2D eigenvalue weighted by Gasteiger charge is 2.44. The molecule has 1 aliphatic heterocycles. The molecule has 1 spiro atoms. The maximum absolute atomic E-state index is 11.5. The summed E-state index contributed by atoms with van der Waals surface area (Å²) in [6.45, 7) is 0.0335. The Labute approximate surface area is 76.6 Å². The molecule has 2 fully saturated rings. The molecule has 13 heavy (non-hydrogen) atoms. The summed E-state index contributed by atoms with van der Waals surface area (Å²) >= 11 is 0. The largest absolute Gasteiger partial charge is 0.355 e. The van der Waals surface area contributed by atoms with Crippen molar-refractivity contribution in [1.29, 1.82) is 0 Å². The number of imide groups is 1. The van der Waals surface area contributed by atoms with Gasteiger partial charge in [-0.05, 0) is 12.8 Å². The van der Waals surface area contributed by atoms with E-state index in [0.29, 0.717) is 0 Å². The number of hydrogen-bond donors (Lipinski definition) is 1. The van der Waals surface area contributed by atoms with Crippen LogP contribution in [0.2, 0.25) is 0 Å². The number of ether oxygens (including phenoxy) is 1. The van der Waals surface area contributed by atoms with Crippen molar-refractivity contribution in [2.24, 2.45) is 0 Å². The van der Waals surface area contributed by atoms with Crippen LogP contribution in [-0.2, 0) is 14.3 Å². The van der Waals surface area contributed by atoms with Gasteiger partial charge in [-0.2, -0.15) is 0 Å². The van der Waals surface area contributed by atoms with Gasteiger partial charge in [0.15, 0.2) is 0 Å². The third-order valence-corrected chi connectivity index (χ3v) is 2.81. The average Bonchev–Trinajstić information content (AvgIpc) is 2.14. The van der Waals surface area contributed by atoms with E-state index in [1.54, 1.807) is 0 Å². The van der Waals surface area contributed by atoms with Crippen molar-refractivity contribution in [3.63, 3.8) is 0 Å². The van der Waals surface area contributed by atoms with E-state index >= 15 is 0 Å². The Morgan fingerprint density at radius 1 is 1.15 bits per heavy atom. The van der Waals surface area contributed by atoms with Crippen LogP contribution < -0.4 is 5.32 Å². The monoisotopic (exact) mass is 183 g/mol. The molecule has 1 heterocycles. The van der Waals surface area contributed by atoms with Gasteiger partial charge >= 0.3 is 0 Å². The van der Waals surface area contributed by atoms with E-state index in [2.05, 4.69) is 5.32 Å². The Kier molecular flexibility index (Phi) is 2.07. The lowest BCUT2D eigenvalue weighted by atomic mass is 9.83. The Balaban J connectivity index is 2.12. The molecule has 1 aliphatic carbocycles. The minimum atomic E-state index is -0.674. The molecule has 0 unspecified atom stereocenters. The van der Waals surface area contributed by atoms with Crippen LogP contribution in [0.25, 0.3) is 0 Å². The molecular formula is C9H13NO3. The summed E-state index contributed by atoms with van der Waals surface area (Å²) in [5.41, 5.74) is -0.674. The zero-order valence-electron chi connectivity index (χ0n) is 7.47. The maximum Gasteiger partial charge on any atom is 0.258 e. The van der Waals surface area contributed by atoms with Gasteiger partial charge in [0.1, 0.15) is 12.2 Å². The van der Waals surface area contributed by atoms with Crippen LogP contribution in [0.1, 0.15) is 32.1 Å². The van der Waals surface area contributed by atoms with Crippen molar-refractivity contribution in [2.45, 2.75) is 37.7 Å². The van der Waals surface area contributed by atoms with Gasteiger partial charge < -0.3 is 4.74 Å². The van der Waals surface area contributed by atoms with Crippen molar-refractivity contribution in [3.8, 4) is 0 Å². The van der Waals surface area contributed by atoms with E-state index in [-0.39, 0.29) is 18.4 Å². The molecular weight excluding hydrogens is 170 g/mol. The fourth-order valence-electron chi connectivity index (χ4n) is 2.04. The molecule has 4 nitrogen and oxygen atoms in total. The van der Waals surface area contributed by atoms with Crippen molar-refractivity contribution < 1.29 is 14.3 Å². The molecule has 2 amide bonds. The topological polar surface area (TPSA) is 55.4 Å². The Bertz CT molecular complexity index is 243. The lowest BCUT2D eigenvalue weighted by molar-refractivity contribution is -0.168. The summed E-state index contributed by atoms with van der Waals surface area (Å²) in [4.78, 5) is 22.4. The fourth-order valence-corrected chi connectivity index (χ4v) is 2.04. The third kappa shape index (κ3) is 1.46. The van der Waals surface area contributed by atoms with Gasteiger partial charge in [-0.15, -0.1) is 0 Å². The van der Waals surface area contributed by atoms with Crippen LogP contribution in [-0.4, -0.2) is 24.0 Å². The first-order valence-electron chi connectivity index (χ1n) is 4.71. The molecule has 0 atom stereocenters. The molecule has 0 bridgehead atoms. The van der Waals surface area contributed by atoms with Crippen LogP contribution in [0.4, 0.5) is 0 Å². The highest BCUT2D eigenvalue weighted by atomic mass is 16.5. The highest BCUT2D eigenvalue weighted by Crippen LogP contribution is 2.33. The number of morpholine rings is 1. The van der Waals surface area contributed by atoms with Gasteiger partial charge in [0.2, 0.25) is 0 Å². The van der Waals surface area contributed by atoms with E-state index in [9.17, 15) is 9.59 Å². The number of hydrogen-bond acceptors (Lipinski definition) is 3. The van der Waals surface area contributed by atoms with Gasteiger partial charge in [0.25, 0.3) is 11.8 Å². The molecule has 0 aromatic heterocycles. The Morgan fingerprint density at radius 2 is 1.85 bits per heavy atom. The standard InChI is InChI=1S/C9H13NO3/c11-7-6-13-9(8(12)10-7)4-2-1-3-5-9/h1-6H2,(H,10,11,12). The minimum absolute atomic E-state index is 0.0335. The summed E-state index contributed by atoms with van der Waals surface area (Å²) < 4.78 is 5.37. The molecule has 4 heteroatoms. The van der Waals surface area contributed by atoms with Crippen LogP contribution in [0.15, 0.2) is 0 Å². The van der Waals surface area contributed by atoms with Crippen LogP contribution in [0.5, 0.6) is 0 Å². The molecule has 2 aliphatic rings. The fraction of sp³-hybridized carbons (Fsp3) is 0.778. The summed E-state index contributed by atoms with van der Waals surface area (Å²) in [6.07, 6.45) is 4.70. The predicted octanol–water partition coefficient (Wildman–Crippen LogP) is 0.362. The highest BCUT2D eigenvalue weighted by molar-refractivity contribution is 6.02. The first kappa shape index (κ1) is 8.69. The third-order valence-electron chi connectivity index (χ3n) is 2.81. The molecule has 0 aromatic rings. The zero-order chi connectivity index (χ0) is 9.31. The van der Waals surface area contributed by atoms with E-state index in [0.717, 1.165) is 32.1 Å². The number of rotatable bonds is 0. The summed E-state index contributed by atoms with van der Waals surface area (Å²) in [6, 6.07) is 0. The van der Waals surface area contributed by atoms with Gasteiger partial charge in [0.05, 0.1) is 0 Å². The minimum Gasteiger partial charge on any atom is -0.355 e. The van der Waals surface area contributed by atoms with Gasteiger partial charge in [-0.3, -0.25) is 14.9 Å². The quantitative estimate of drug-likeness (QED) is 0.552. The number of carbonyl (C=O) groups is 2. The zero-order valence-corrected chi connectivity index (χ0v) is 7.47. The normalized spacial score (nSPS) is 27.4. The molecule has 1 saturated heterocycles. The van der Waals surface area contributed by atoms with Gasteiger partial charge in [0, 0.05) is 0 Å². The van der Waals surface area contributed by atoms with Crippen LogP contribution in [0, 0.1) is 0 Å². The summed E-state index contributed by atoms with van der Waals surface area (Å²) in [7, 11) is 0. The predicted molar refractivity (Wildman–Crippen MR) is 44.9 cm³/mol. The van der Waals surface area contributed by atoms with E-state index < -0.39 is 5.60 Å². The second-order valence-corrected chi connectivity index (χ2v) is 3.72. The number of carbonyl (C=O) groups excluding carboxylic acids is 2. The molecule has 1 N–H and O–H groups in total. The first-order chi connectivity index (χ1) is 6.23. The van der Waals surface area contributed by atoms with E-state index in [4.69, 9.17) is 4.74 Å². The van der Waals surface area contributed by atoms with Crippen molar-refractivity contribution in [3.05, 3.63) is 0 Å². The van der Waals surface area contributed by atoms with Crippen LogP contribution in [0.3, 0.4) is 0 Å². The average molecular weight is 183 g/mol. The molecule has 1 saturated carbocycles. The molecule has 0 radical (unpaired) electrons. The number of nitrogens with one attached hydrogen (secondary N) is 1. The Hall–Kier alpha value is -0.900. The van der Waals surface area contributed by atoms with Gasteiger partial charge in [-0.25, -0.2) is 0 Å².